The van der Waals surface area contributed by atoms with Crippen LogP contribution in [0.3, 0.4) is 0 Å². The standard InChI is InChI=1S/C11H16BrN3/c1-7(2)15(3)10-5-4-8(11(13)14)6-9(10)12/h4-7H,1-3H3,(H3,13,14). The number of benzene rings is 1. The number of nitrogens with zero attached hydrogens (tertiary/aromatic N) is 1. The monoisotopic (exact) mass is 269 g/mol. The van der Waals surface area contributed by atoms with Crippen molar-refractivity contribution >= 4 is 27.5 Å². The Kier molecular flexibility index (Phi) is 3.74. The van der Waals surface area contributed by atoms with E-state index in [1.54, 1.807) is 0 Å². The summed E-state index contributed by atoms with van der Waals surface area (Å²) in [7, 11) is 2.04. The largest absolute Gasteiger partial charge is 0.384 e. The smallest absolute Gasteiger partial charge is 0.122 e. The van der Waals surface area contributed by atoms with Crippen molar-refractivity contribution in [1.82, 2.24) is 0 Å². The lowest BCUT2D eigenvalue weighted by molar-refractivity contribution is 0.753. The highest BCUT2D eigenvalue weighted by molar-refractivity contribution is 9.10. The lowest BCUT2D eigenvalue weighted by atomic mass is 10.1. The molecule has 3 N–H and O–H groups in total. The molecule has 0 bridgehead atoms. The molecule has 0 atom stereocenters. The Morgan fingerprint density at radius 1 is 1.47 bits per heavy atom. The summed E-state index contributed by atoms with van der Waals surface area (Å²) >= 11 is 3.49. The number of anilines is 1. The summed E-state index contributed by atoms with van der Waals surface area (Å²) in [6.45, 7) is 4.26. The highest BCUT2D eigenvalue weighted by atomic mass is 79.9. The van der Waals surface area contributed by atoms with E-state index in [4.69, 9.17) is 11.1 Å². The quantitative estimate of drug-likeness (QED) is 0.655. The molecule has 0 heterocycles. The van der Waals surface area contributed by atoms with E-state index in [0.29, 0.717) is 6.04 Å². The summed E-state index contributed by atoms with van der Waals surface area (Å²) in [5.74, 6) is 0.0921. The second kappa shape index (κ2) is 4.66. The van der Waals surface area contributed by atoms with Crippen molar-refractivity contribution in [3.05, 3.63) is 28.2 Å². The van der Waals surface area contributed by atoms with Gasteiger partial charge in [-0.05, 0) is 48.0 Å². The van der Waals surface area contributed by atoms with E-state index in [-0.39, 0.29) is 5.84 Å². The van der Waals surface area contributed by atoms with Crippen LogP contribution in [0.2, 0.25) is 0 Å². The van der Waals surface area contributed by atoms with Gasteiger partial charge in [-0.3, -0.25) is 5.41 Å². The molecule has 4 heteroatoms. The lowest BCUT2D eigenvalue weighted by Gasteiger charge is -2.25. The summed E-state index contributed by atoms with van der Waals surface area (Å²) in [6, 6.07) is 6.14. The molecule has 15 heavy (non-hydrogen) atoms. The Morgan fingerprint density at radius 3 is 2.47 bits per heavy atom. The number of rotatable bonds is 3. The maximum atomic E-state index is 7.34. The van der Waals surface area contributed by atoms with Crippen molar-refractivity contribution in [1.29, 1.82) is 5.41 Å². The molecule has 0 saturated heterocycles. The molecule has 0 unspecified atom stereocenters. The molecule has 0 aliphatic rings. The maximum Gasteiger partial charge on any atom is 0.122 e. The summed E-state index contributed by atoms with van der Waals surface area (Å²) < 4.78 is 0.964. The van der Waals surface area contributed by atoms with Gasteiger partial charge in [-0.1, -0.05) is 0 Å². The van der Waals surface area contributed by atoms with Gasteiger partial charge < -0.3 is 10.6 Å². The molecule has 0 amide bonds. The minimum Gasteiger partial charge on any atom is -0.384 e. The van der Waals surface area contributed by atoms with Crippen LogP contribution in [0.4, 0.5) is 5.69 Å². The van der Waals surface area contributed by atoms with Crippen LogP contribution in [-0.4, -0.2) is 18.9 Å². The molecular formula is C11H16BrN3. The maximum absolute atomic E-state index is 7.34. The summed E-state index contributed by atoms with van der Waals surface area (Å²) in [5.41, 5.74) is 7.26. The van der Waals surface area contributed by atoms with Crippen LogP contribution in [0.5, 0.6) is 0 Å². The predicted octanol–water partition coefficient (Wildman–Crippen LogP) is 2.58. The fraction of sp³-hybridized carbons (Fsp3) is 0.364. The van der Waals surface area contributed by atoms with E-state index >= 15 is 0 Å². The third kappa shape index (κ3) is 2.72. The van der Waals surface area contributed by atoms with E-state index in [1.165, 1.54) is 0 Å². The Labute approximate surface area is 98.9 Å². The van der Waals surface area contributed by atoms with Gasteiger partial charge in [0.2, 0.25) is 0 Å². The zero-order valence-electron chi connectivity index (χ0n) is 9.21. The van der Waals surface area contributed by atoms with Gasteiger partial charge in [0.15, 0.2) is 0 Å². The van der Waals surface area contributed by atoms with Gasteiger partial charge >= 0.3 is 0 Å². The first-order chi connectivity index (χ1) is 6.93. The van der Waals surface area contributed by atoms with Gasteiger partial charge in [-0.15, -0.1) is 0 Å². The van der Waals surface area contributed by atoms with Gasteiger partial charge in [0, 0.05) is 23.1 Å². The third-order valence-corrected chi connectivity index (χ3v) is 3.05. The van der Waals surface area contributed by atoms with E-state index in [9.17, 15) is 0 Å². The molecule has 0 aliphatic carbocycles. The van der Waals surface area contributed by atoms with Crippen LogP contribution < -0.4 is 10.6 Å². The lowest BCUT2D eigenvalue weighted by Crippen LogP contribution is -2.26. The molecule has 3 nitrogen and oxygen atoms in total. The fourth-order valence-corrected chi connectivity index (χ4v) is 1.90. The van der Waals surface area contributed by atoms with Gasteiger partial charge in [-0.25, -0.2) is 0 Å². The van der Waals surface area contributed by atoms with Crippen LogP contribution in [0.25, 0.3) is 0 Å². The van der Waals surface area contributed by atoms with Crippen molar-refractivity contribution in [3.63, 3.8) is 0 Å². The van der Waals surface area contributed by atoms with Crippen LogP contribution in [0, 0.1) is 5.41 Å². The molecule has 0 saturated carbocycles. The normalized spacial score (nSPS) is 10.5. The van der Waals surface area contributed by atoms with Crippen molar-refractivity contribution < 1.29 is 0 Å². The van der Waals surface area contributed by atoms with E-state index in [2.05, 4.69) is 34.7 Å². The molecule has 0 aromatic heterocycles. The highest BCUT2D eigenvalue weighted by Crippen LogP contribution is 2.27. The first-order valence-corrected chi connectivity index (χ1v) is 5.59. The van der Waals surface area contributed by atoms with E-state index in [0.717, 1.165) is 15.7 Å². The highest BCUT2D eigenvalue weighted by Gasteiger charge is 2.09. The van der Waals surface area contributed by atoms with Crippen LogP contribution >= 0.6 is 15.9 Å². The van der Waals surface area contributed by atoms with E-state index in [1.807, 2.05) is 25.2 Å². The number of halogens is 1. The SMILES string of the molecule is CC(C)N(C)c1ccc(C(=N)N)cc1Br. The predicted molar refractivity (Wildman–Crippen MR) is 68.7 cm³/mol. The summed E-state index contributed by atoms with van der Waals surface area (Å²) in [5, 5.41) is 7.34. The van der Waals surface area contributed by atoms with Gasteiger partial charge in [0.1, 0.15) is 5.84 Å². The van der Waals surface area contributed by atoms with Crippen molar-refractivity contribution in [2.75, 3.05) is 11.9 Å². The zero-order chi connectivity index (χ0) is 11.6. The van der Waals surface area contributed by atoms with Gasteiger partial charge in [-0.2, -0.15) is 0 Å². The number of nitrogens with two attached hydrogens (primary N) is 1. The van der Waals surface area contributed by atoms with Gasteiger partial charge in [0.25, 0.3) is 0 Å². The molecule has 0 aliphatic heterocycles. The fourth-order valence-electron chi connectivity index (χ4n) is 1.24. The second-order valence-electron chi connectivity index (χ2n) is 3.78. The molecule has 0 fully saturated rings. The number of nitrogens with one attached hydrogen (secondary N) is 1. The molecular weight excluding hydrogens is 254 g/mol. The van der Waals surface area contributed by atoms with Crippen molar-refractivity contribution in [2.45, 2.75) is 19.9 Å². The Balaban J connectivity index is 3.08. The van der Waals surface area contributed by atoms with Crippen LogP contribution in [0.1, 0.15) is 19.4 Å². The molecule has 82 valence electrons. The van der Waals surface area contributed by atoms with Gasteiger partial charge in [0.05, 0.1) is 5.69 Å². The average molecular weight is 270 g/mol. The number of amidine groups is 1. The molecule has 1 aromatic carbocycles. The molecule has 1 rings (SSSR count). The van der Waals surface area contributed by atoms with Crippen LogP contribution in [-0.2, 0) is 0 Å². The first kappa shape index (κ1) is 12.0. The van der Waals surface area contributed by atoms with Crippen molar-refractivity contribution in [2.24, 2.45) is 5.73 Å². The summed E-state index contributed by atoms with van der Waals surface area (Å²) in [6.07, 6.45) is 0. The van der Waals surface area contributed by atoms with E-state index < -0.39 is 0 Å². The van der Waals surface area contributed by atoms with Crippen molar-refractivity contribution in [3.8, 4) is 0 Å². The minimum atomic E-state index is 0.0921. The average Bonchev–Trinajstić information content (AvgIpc) is 2.16. The molecule has 0 spiro atoms. The second-order valence-corrected chi connectivity index (χ2v) is 4.64. The molecule has 0 radical (unpaired) electrons. The minimum absolute atomic E-state index is 0.0921. The third-order valence-electron chi connectivity index (χ3n) is 2.41. The Morgan fingerprint density at radius 2 is 2.07 bits per heavy atom. The zero-order valence-corrected chi connectivity index (χ0v) is 10.8. The topological polar surface area (TPSA) is 53.1 Å². The molecule has 1 aromatic rings. The number of hydrogen-bond donors (Lipinski definition) is 2. The van der Waals surface area contributed by atoms with Crippen LogP contribution in [0.15, 0.2) is 22.7 Å². The number of nitrogen functional groups attached to an aromatic ring is 1. The Bertz CT molecular complexity index is 374. The summed E-state index contributed by atoms with van der Waals surface area (Å²) in [4.78, 5) is 2.16. The number of hydrogen-bond acceptors (Lipinski definition) is 2. The first-order valence-electron chi connectivity index (χ1n) is 4.80. The Hall–Kier alpha value is -1.03.